The number of aryl methyl sites for hydroxylation is 1. The Morgan fingerprint density at radius 3 is 2.00 bits per heavy atom. The molecule has 0 aliphatic heterocycles. The highest BCUT2D eigenvalue weighted by molar-refractivity contribution is 5.36. The number of ether oxygens (including phenoxy) is 3. The van der Waals surface area contributed by atoms with Crippen molar-refractivity contribution in [2.24, 2.45) is 7.05 Å². The summed E-state index contributed by atoms with van der Waals surface area (Å²) in [6, 6.07) is 16.0. The highest BCUT2D eigenvalue weighted by Crippen LogP contribution is 2.29. The van der Waals surface area contributed by atoms with Gasteiger partial charge in [0, 0.05) is 26.3 Å². The summed E-state index contributed by atoms with van der Waals surface area (Å²) >= 11 is 0. The molecule has 0 bridgehead atoms. The summed E-state index contributed by atoms with van der Waals surface area (Å²) in [7, 11) is 7.05. The van der Waals surface area contributed by atoms with Crippen LogP contribution in [0.1, 0.15) is 28.6 Å². The zero-order chi connectivity index (χ0) is 18.5. The van der Waals surface area contributed by atoms with Crippen LogP contribution >= 0.6 is 0 Å². The lowest BCUT2D eigenvalue weighted by molar-refractivity contribution is 0.132. The van der Waals surface area contributed by atoms with Gasteiger partial charge in [0.25, 0.3) is 0 Å². The lowest BCUT2D eigenvalue weighted by atomic mass is 10.0. The normalized spacial score (nSPS) is 12.0. The van der Waals surface area contributed by atoms with Crippen LogP contribution in [0.3, 0.4) is 0 Å². The third-order valence-electron chi connectivity index (χ3n) is 4.52. The van der Waals surface area contributed by atoms with Crippen molar-refractivity contribution in [3.63, 3.8) is 0 Å². The van der Waals surface area contributed by atoms with Gasteiger partial charge in [-0.2, -0.15) is 0 Å². The Morgan fingerprint density at radius 1 is 0.885 bits per heavy atom. The van der Waals surface area contributed by atoms with Crippen LogP contribution in [0, 0.1) is 0 Å². The van der Waals surface area contributed by atoms with E-state index in [0.717, 1.165) is 34.9 Å². The number of hydrogen-bond donors (Lipinski definition) is 0. The van der Waals surface area contributed by atoms with E-state index in [0.29, 0.717) is 0 Å². The van der Waals surface area contributed by atoms with Crippen LogP contribution in [0.4, 0.5) is 0 Å². The van der Waals surface area contributed by atoms with Gasteiger partial charge in [0.15, 0.2) is 0 Å². The minimum atomic E-state index is -0.227. The van der Waals surface area contributed by atoms with Crippen molar-refractivity contribution in [2.45, 2.75) is 12.5 Å². The topological polar surface area (TPSA) is 45.5 Å². The average Bonchev–Trinajstić information content (AvgIpc) is 3.04. The smallest absolute Gasteiger partial charge is 0.126 e. The summed E-state index contributed by atoms with van der Waals surface area (Å²) in [5.74, 6) is 1.68. The van der Waals surface area contributed by atoms with Gasteiger partial charge in [0.05, 0.1) is 26.2 Å². The number of imidazole rings is 1. The van der Waals surface area contributed by atoms with E-state index in [9.17, 15) is 0 Å². The van der Waals surface area contributed by atoms with Crippen molar-refractivity contribution in [1.29, 1.82) is 0 Å². The van der Waals surface area contributed by atoms with Gasteiger partial charge in [-0.3, -0.25) is 0 Å². The first-order valence-corrected chi connectivity index (χ1v) is 8.46. The van der Waals surface area contributed by atoms with Gasteiger partial charge in [0.2, 0.25) is 0 Å². The molecule has 3 aromatic rings. The second kappa shape index (κ2) is 8.06. The summed E-state index contributed by atoms with van der Waals surface area (Å²) in [6.45, 7) is 0. The van der Waals surface area contributed by atoms with E-state index in [1.54, 1.807) is 21.3 Å². The molecule has 5 nitrogen and oxygen atoms in total. The maximum atomic E-state index is 5.79. The minimum absolute atomic E-state index is 0.227. The first-order valence-electron chi connectivity index (χ1n) is 8.46. The molecule has 0 saturated heterocycles. The van der Waals surface area contributed by atoms with E-state index < -0.39 is 0 Å². The van der Waals surface area contributed by atoms with Gasteiger partial charge in [-0.1, -0.05) is 24.3 Å². The molecule has 1 atom stereocenters. The Morgan fingerprint density at radius 2 is 1.46 bits per heavy atom. The minimum Gasteiger partial charge on any atom is -0.497 e. The zero-order valence-corrected chi connectivity index (χ0v) is 15.6. The quantitative estimate of drug-likeness (QED) is 0.649. The lowest BCUT2D eigenvalue weighted by Gasteiger charge is -2.17. The Kier molecular flexibility index (Phi) is 5.58. The molecule has 0 amide bonds. The molecule has 0 aliphatic rings. The van der Waals surface area contributed by atoms with Crippen molar-refractivity contribution in [3.05, 3.63) is 77.4 Å². The van der Waals surface area contributed by atoms with Crippen molar-refractivity contribution in [2.75, 3.05) is 21.3 Å². The van der Waals surface area contributed by atoms with Crippen molar-refractivity contribution < 1.29 is 14.2 Å². The standard InChI is InChI=1S/C21H24N2O3/c1-23-14-22-20(19(23)13-15-5-9-17(24-2)10-6-15)21(26-4)16-7-11-18(25-3)12-8-16/h5-12,14,21H,13H2,1-4H3. The molecule has 1 aromatic heterocycles. The number of benzene rings is 2. The largest absolute Gasteiger partial charge is 0.497 e. The van der Waals surface area contributed by atoms with E-state index in [4.69, 9.17) is 14.2 Å². The number of hydrogen-bond acceptors (Lipinski definition) is 4. The van der Waals surface area contributed by atoms with Crippen molar-refractivity contribution in [1.82, 2.24) is 9.55 Å². The number of methoxy groups -OCH3 is 3. The van der Waals surface area contributed by atoms with Crippen LogP contribution in [-0.4, -0.2) is 30.9 Å². The fraction of sp³-hybridized carbons (Fsp3) is 0.286. The highest BCUT2D eigenvalue weighted by atomic mass is 16.5. The fourth-order valence-electron chi connectivity index (χ4n) is 3.03. The molecule has 136 valence electrons. The van der Waals surface area contributed by atoms with Gasteiger partial charge in [-0.15, -0.1) is 0 Å². The third-order valence-corrected chi connectivity index (χ3v) is 4.52. The second-order valence-corrected chi connectivity index (χ2v) is 6.10. The van der Waals surface area contributed by atoms with Crippen LogP contribution in [0.2, 0.25) is 0 Å². The number of rotatable bonds is 7. The number of nitrogens with zero attached hydrogens (tertiary/aromatic N) is 2. The summed E-state index contributed by atoms with van der Waals surface area (Å²) in [4.78, 5) is 4.62. The third kappa shape index (κ3) is 3.73. The van der Waals surface area contributed by atoms with E-state index in [2.05, 4.69) is 21.7 Å². The van der Waals surface area contributed by atoms with E-state index >= 15 is 0 Å². The Bertz CT molecular complexity index is 839. The average molecular weight is 352 g/mol. The number of aromatic nitrogens is 2. The maximum absolute atomic E-state index is 5.79. The second-order valence-electron chi connectivity index (χ2n) is 6.10. The summed E-state index contributed by atoms with van der Waals surface area (Å²) in [5, 5.41) is 0. The Hall–Kier alpha value is -2.79. The van der Waals surface area contributed by atoms with Gasteiger partial charge < -0.3 is 18.8 Å². The molecule has 1 unspecified atom stereocenters. The first kappa shape index (κ1) is 18.0. The van der Waals surface area contributed by atoms with Crippen LogP contribution in [0.25, 0.3) is 0 Å². The van der Waals surface area contributed by atoms with Crippen LogP contribution in [-0.2, 0) is 18.2 Å². The molecule has 0 N–H and O–H groups in total. The molecule has 3 rings (SSSR count). The molecule has 5 heteroatoms. The molecule has 0 fully saturated rings. The zero-order valence-electron chi connectivity index (χ0n) is 15.6. The van der Waals surface area contributed by atoms with Gasteiger partial charge >= 0.3 is 0 Å². The summed E-state index contributed by atoms with van der Waals surface area (Å²) < 4.78 is 18.3. The highest BCUT2D eigenvalue weighted by Gasteiger charge is 2.21. The molecule has 1 heterocycles. The van der Waals surface area contributed by atoms with Gasteiger partial charge in [-0.25, -0.2) is 4.98 Å². The van der Waals surface area contributed by atoms with Gasteiger partial charge in [0.1, 0.15) is 17.6 Å². The SMILES string of the molecule is COc1ccc(Cc2c(C(OC)c3ccc(OC)cc3)ncn2C)cc1. The van der Waals surface area contributed by atoms with E-state index in [1.807, 2.05) is 49.8 Å². The molecule has 0 aliphatic carbocycles. The molecule has 0 spiro atoms. The predicted octanol–water partition coefficient (Wildman–Crippen LogP) is 3.76. The van der Waals surface area contributed by atoms with Gasteiger partial charge in [-0.05, 0) is 35.4 Å². The first-order chi connectivity index (χ1) is 12.7. The molecular weight excluding hydrogens is 328 g/mol. The van der Waals surface area contributed by atoms with Crippen LogP contribution < -0.4 is 9.47 Å². The fourth-order valence-corrected chi connectivity index (χ4v) is 3.03. The Balaban J connectivity index is 1.91. The maximum Gasteiger partial charge on any atom is 0.126 e. The Labute approximate surface area is 154 Å². The van der Waals surface area contributed by atoms with Crippen molar-refractivity contribution >= 4 is 0 Å². The predicted molar refractivity (Wildman–Crippen MR) is 101 cm³/mol. The summed E-state index contributed by atoms with van der Waals surface area (Å²) in [6.07, 6.45) is 2.38. The lowest BCUT2D eigenvalue weighted by Crippen LogP contribution is -2.09. The van der Waals surface area contributed by atoms with E-state index in [1.165, 1.54) is 5.56 Å². The molecular formula is C21H24N2O3. The van der Waals surface area contributed by atoms with Crippen LogP contribution in [0.15, 0.2) is 54.9 Å². The van der Waals surface area contributed by atoms with Crippen LogP contribution in [0.5, 0.6) is 11.5 Å². The molecule has 2 aromatic carbocycles. The molecule has 0 saturated carbocycles. The molecule has 26 heavy (non-hydrogen) atoms. The molecule has 0 radical (unpaired) electrons. The van der Waals surface area contributed by atoms with Crippen molar-refractivity contribution in [3.8, 4) is 11.5 Å². The monoisotopic (exact) mass is 352 g/mol. The summed E-state index contributed by atoms with van der Waals surface area (Å²) in [5.41, 5.74) is 4.29. The van der Waals surface area contributed by atoms with E-state index in [-0.39, 0.29) is 6.10 Å².